The molecule has 8 nitrogen and oxygen atoms in total. The maximum atomic E-state index is 12.0. The summed E-state index contributed by atoms with van der Waals surface area (Å²) in [6.07, 6.45) is 1.47. The topological polar surface area (TPSA) is 127 Å². The molecule has 21 heavy (non-hydrogen) atoms. The zero-order valence-corrected chi connectivity index (χ0v) is 11.7. The summed E-state index contributed by atoms with van der Waals surface area (Å²) >= 11 is 0. The van der Waals surface area contributed by atoms with Crippen molar-refractivity contribution in [1.29, 1.82) is 0 Å². The van der Waals surface area contributed by atoms with Gasteiger partial charge < -0.3 is 16.4 Å². The highest BCUT2D eigenvalue weighted by atomic mass is 16.6. The number of rotatable bonds is 8. The molecule has 0 heterocycles. The number of nitro groups is 1. The second-order valence-corrected chi connectivity index (χ2v) is 4.39. The highest BCUT2D eigenvalue weighted by Gasteiger charge is 2.20. The van der Waals surface area contributed by atoms with Crippen molar-refractivity contribution in [3.63, 3.8) is 0 Å². The third kappa shape index (κ3) is 4.75. The van der Waals surface area contributed by atoms with Crippen molar-refractivity contribution in [2.45, 2.75) is 19.3 Å². The average molecular weight is 294 g/mol. The third-order valence-corrected chi connectivity index (χ3v) is 2.87. The number of carbonyl (C=O) groups is 2. The fourth-order valence-electron chi connectivity index (χ4n) is 1.87. The predicted molar refractivity (Wildman–Crippen MR) is 78.0 cm³/mol. The molecule has 1 aromatic rings. The summed E-state index contributed by atoms with van der Waals surface area (Å²) < 4.78 is 0. The highest BCUT2D eigenvalue weighted by molar-refractivity contribution is 6.01. The van der Waals surface area contributed by atoms with Crippen molar-refractivity contribution in [3.8, 4) is 0 Å². The van der Waals surface area contributed by atoms with Gasteiger partial charge in [0.1, 0.15) is 5.69 Å². The lowest BCUT2D eigenvalue weighted by Crippen LogP contribution is -2.25. The maximum absolute atomic E-state index is 12.0. The van der Waals surface area contributed by atoms with Crippen molar-refractivity contribution in [2.75, 3.05) is 18.9 Å². The summed E-state index contributed by atoms with van der Waals surface area (Å²) in [4.78, 5) is 33.0. The molecule has 0 saturated carbocycles. The lowest BCUT2D eigenvalue weighted by atomic mass is 10.1. The van der Waals surface area contributed by atoms with Crippen LogP contribution in [0.5, 0.6) is 0 Å². The second kappa shape index (κ2) is 7.83. The van der Waals surface area contributed by atoms with Crippen LogP contribution >= 0.6 is 0 Å². The fraction of sp³-hybridized carbons (Fsp3) is 0.385. The highest BCUT2D eigenvalue weighted by Crippen LogP contribution is 2.27. The smallest absolute Gasteiger partial charge is 0.293 e. The van der Waals surface area contributed by atoms with Crippen molar-refractivity contribution in [2.24, 2.45) is 5.73 Å². The van der Waals surface area contributed by atoms with E-state index in [0.717, 1.165) is 0 Å². The van der Waals surface area contributed by atoms with Crippen LogP contribution in [-0.4, -0.2) is 30.3 Å². The van der Waals surface area contributed by atoms with E-state index < -0.39 is 10.8 Å². The summed E-state index contributed by atoms with van der Waals surface area (Å²) in [5.41, 5.74) is 5.24. The van der Waals surface area contributed by atoms with E-state index in [0.29, 0.717) is 19.4 Å². The Morgan fingerprint density at radius 2 is 2.05 bits per heavy atom. The zero-order valence-electron chi connectivity index (χ0n) is 11.7. The van der Waals surface area contributed by atoms with E-state index in [1.807, 2.05) is 0 Å². The van der Waals surface area contributed by atoms with Crippen molar-refractivity contribution >= 4 is 23.2 Å². The number of nitrogens with two attached hydrogens (primary N) is 1. The molecule has 0 radical (unpaired) electrons. The van der Waals surface area contributed by atoms with Crippen LogP contribution in [-0.2, 0) is 4.79 Å². The number of nitrogens with one attached hydrogen (secondary N) is 2. The van der Waals surface area contributed by atoms with Crippen LogP contribution in [0.1, 0.15) is 29.6 Å². The molecular weight excluding hydrogens is 276 g/mol. The molecule has 0 aliphatic heterocycles. The predicted octanol–water partition coefficient (Wildman–Crippen LogP) is 1.02. The molecule has 114 valence electrons. The molecule has 0 saturated heterocycles. The minimum absolute atomic E-state index is 0.154. The first kappa shape index (κ1) is 16.4. The summed E-state index contributed by atoms with van der Waals surface area (Å²) in [7, 11) is 1.52. The number of amides is 2. The Hall–Kier alpha value is -2.64. The largest absolute Gasteiger partial charge is 0.382 e. The first-order valence-corrected chi connectivity index (χ1v) is 6.49. The number of carbonyl (C=O) groups excluding carboxylic acids is 2. The second-order valence-electron chi connectivity index (χ2n) is 4.39. The van der Waals surface area contributed by atoms with E-state index in [4.69, 9.17) is 5.73 Å². The van der Waals surface area contributed by atoms with Gasteiger partial charge in [0.2, 0.25) is 5.91 Å². The van der Waals surface area contributed by atoms with E-state index in [9.17, 15) is 19.7 Å². The molecule has 1 aromatic carbocycles. The molecule has 2 amide bonds. The van der Waals surface area contributed by atoms with E-state index in [-0.39, 0.29) is 29.3 Å². The standard InChI is InChI=1S/C13H18N4O4/c1-15-12-9(5-4-6-10(12)17(20)21)13(19)16-8-3-2-7-11(14)18/h4-6,15H,2-3,7-8H2,1H3,(H2,14,18)(H,16,19). The first-order chi connectivity index (χ1) is 9.97. The van der Waals surface area contributed by atoms with Crippen LogP contribution in [0.3, 0.4) is 0 Å². The minimum atomic E-state index is -0.546. The number of para-hydroxylation sites is 1. The molecule has 0 fully saturated rings. The minimum Gasteiger partial charge on any atom is -0.382 e. The number of hydrogen-bond donors (Lipinski definition) is 3. The van der Waals surface area contributed by atoms with E-state index in [2.05, 4.69) is 10.6 Å². The van der Waals surface area contributed by atoms with Gasteiger partial charge in [-0.3, -0.25) is 19.7 Å². The molecule has 0 atom stereocenters. The van der Waals surface area contributed by atoms with Gasteiger partial charge in [0.25, 0.3) is 11.6 Å². The van der Waals surface area contributed by atoms with Crippen LogP contribution in [0.2, 0.25) is 0 Å². The molecule has 1 rings (SSSR count). The van der Waals surface area contributed by atoms with Crippen LogP contribution in [0.15, 0.2) is 18.2 Å². The summed E-state index contributed by atoms with van der Waals surface area (Å²) in [5, 5.41) is 16.2. The van der Waals surface area contributed by atoms with Crippen LogP contribution < -0.4 is 16.4 Å². The Morgan fingerprint density at radius 1 is 1.33 bits per heavy atom. The molecule has 0 aliphatic rings. The molecule has 0 bridgehead atoms. The van der Waals surface area contributed by atoms with Gasteiger partial charge in [-0.15, -0.1) is 0 Å². The number of anilines is 1. The fourth-order valence-corrected chi connectivity index (χ4v) is 1.87. The Balaban J connectivity index is 2.68. The van der Waals surface area contributed by atoms with Gasteiger partial charge >= 0.3 is 0 Å². The van der Waals surface area contributed by atoms with Gasteiger partial charge in [-0.1, -0.05) is 6.07 Å². The molecule has 4 N–H and O–H groups in total. The average Bonchev–Trinajstić information content (AvgIpc) is 2.45. The van der Waals surface area contributed by atoms with Crippen molar-refractivity contribution in [3.05, 3.63) is 33.9 Å². The Labute approximate surface area is 121 Å². The first-order valence-electron chi connectivity index (χ1n) is 6.49. The lowest BCUT2D eigenvalue weighted by molar-refractivity contribution is -0.384. The van der Waals surface area contributed by atoms with Crippen LogP contribution in [0, 0.1) is 10.1 Å². The molecule has 0 aromatic heterocycles. The molecule has 0 spiro atoms. The molecular formula is C13H18N4O4. The third-order valence-electron chi connectivity index (χ3n) is 2.87. The van der Waals surface area contributed by atoms with Crippen LogP contribution in [0.4, 0.5) is 11.4 Å². The summed E-state index contributed by atoms with van der Waals surface area (Å²) in [6, 6.07) is 4.30. The summed E-state index contributed by atoms with van der Waals surface area (Å²) in [5.74, 6) is -0.778. The quantitative estimate of drug-likeness (QED) is 0.375. The van der Waals surface area contributed by atoms with Gasteiger partial charge in [-0.25, -0.2) is 0 Å². The van der Waals surface area contributed by atoms with Gasteiger partial charge in [0.15, 0.2) is 0 Å². The van der Waals surface area contributed by atoms with E-state index in [1.54, 1.807) is 0 Å². The van der Waals surface area contributed by atoms with Gasteiger partial charge in [-0.2, -0.15) is 0 Å². The zero-order chi connectivity index (χ0) is 15.8. The number of nitro benzene ring substituents is 1. The van der Waals surface area contributed by atoms with Crippen molar-refractivity contribution in [1.82, 2.24) is 5.32 Å². The van der Waals surface area contributed by atoms with Crippen LogP contribution in [0.25, 0.3) is 0 Å². The number of unbranched alkanes of at least 4 members (excludes halogenated alkanes) is 1. The number of nitrogens with zero attached hydrogens (tertiary/aromatic N) is 1. The normalized spacial score (nSPS) is 9.95. The molecule has 0 aliphatic carbocycles. The van der Waals surface area contributed by atoms with Gasteiger partial charge in [0, 0.05) is 26.1 Å². The van der Waals surface area contributed by atoms with E-state index in [1.165, 1.54) is 25.2 Å². The number of hydrogen-bond acceptors (Lipinski definition) is 5. The number of primary amides is 1. The Kier molecular flexibility index (Phi) is 6.12. The SMILES string of the molecule is CNc1c(C(=O)NCCCCC(N)=O)cccc1[N+](=O)[O-]. The number of benzene rings is 1. The van der Waals surface area contributed by atoms with E-state index >= 15 is 0 Å². The van der Waals surface area contributed by atoms with Gasteiger partial charge in [-0.05, 0) is 18.9 Å². The Bertz CT molecular complexity index is 545. The monoisotopic (exact) mass is 294 g/mol. The molecule has 0 unspecified atom stereocenters. The summed E-state index contributed by atoms with van der Waals surface area (Å²) in [6.45, 7) is 0.373. The molecule has 8 heteroatoms. The van der Waals surface area contributed by atoms with Crippen molar-refractivity contribution < 1.29 is 14.5 Å². The Morgan fingerprint density at radius 3 is 2.62 bits per heavy atom. The maximum Gasteiger partial charge on any atom is 0.293 e. The lowest BCUT2D eigenvalue weighted by Gasteiger charge is -2.10. The van der Waals surface area contributed by atoms with Gasteiger partial charge in [0.05, 0.1) is 10.5 Å².